The molecule has 0 bridgehead atoms. The van der Waals surface area contributed by atoms with E-state index in [1.165, 1.54) is 0 Å². The van der Waals surface area contributed by atoms with E-state index in [0.717, 1.165) is 0 Å². The van der Waals surface area contributed by atoms with Gasteiger partial charge in [0.25, 0.3) is 0 Å². The van der Waals surface area contributed by atoms with Crippen molar-refractivity contribution < 1.29 is 34.7 Å². The Morgan fingerprint density at radius 2 is 1.88 bits per heavy atom. The molecule has 8 nitrogen and oxygen atoms in total. The molecule has 2 rings (SSSR count). The van der Waals surface area contributed by atoms with Gasteiger partial charge in [-0.3, -0.25) is 4.90 Å². The number of benzene rings is 1. The Kier molecular flexibility index (Phi) is 7.15. The van der Waals surface area contributed by atoms with Gasteiger partial charge in [-0.05, 0) is 31.2 Å². The van der Waals surface area contributed by atoms with E-state index in [1.54, 1.807) is 36.1 Å². The number of rotatable bonds is 7. The van der Waals surface area contributed by atoms with E-state index in [4.69, 9.17) is 9.47 Å². The van der Waals surface area contributed by atoms with Crippen LogP contribution in [0, 0.1) is 0 Å². The van der Waals surface area contributed by atoms with Crippen molar-refractivity contribution in [2.45, 2.75) is 31.3 Å². The van der Waals surface area contributed by atoms with Crippen LogP contribution in [-0.2, 0) is 4.74 Å². The Hall–Kier alpha value is -1.71. The van der Waals surface area contributed by atoms with Crippen LogP contribution in [0.25, 0.3) is 0 Å². The van der Waals surface area contributed by atoms with Crippen LogP contribution in [0.15, 0.2) is 24.3 Å². The number of carbonyl (C=O) groups is 1. The molecule has 1 aliphatic rings. The van der Waals surface area contributed by atoms with Crippen molar-refractivity contribution in [3.05, 3.63) is 29.8 Å². The minimum atomic E-state index is -1.27. The number of aliphatic hydroxyl groups is 4. The molecule has 8 heteroatoms. The summed E-state index contributed by atoms with van der Waals surface area (Å²) >= 11 is 0. The van der Waals surface area contributed by atoms with Gasteiger partial charge in [0.15, 0.2) is 0 Å². The Balaban J connectivity index is 1.86. The summed E-state index contributed by atoms with van der Waals surface area (Å²) in [5.74, 6) is 0.168. The Morgan fingerprint density at radius 1 is 1.20 bits per heavy atom. The quantitative estimate of drug-likeness (QED) is 0.460. The van der Waals surface area contributed by atoms with Crippen molar-refractivity contribution in [3.8, 4) is 5.75 Å². The van der Waals surface area contributed by atoms with Gasteiger partial charge in [0.05, 0.1) is 30.9 Å². The van der Waals surface area contributed by atoms with E-state index in [0.29, 0.717) is 24.5 Å². The van der Waals surface area contributed by atoms with E-state index in [-0.39, 0.29) is 19.8 Å². The van der Waals surface area contributed by atoms with Crippen molar-refractivity contribution >= 4 is 5.97 Å². The lowest BCUT2D eigenvalue weighted by molar-refractivity contribution is -0.146. The molecular weight excluding hydrogens is 330 g/mol. The maximum atomic E-state index is 11.6. The highest BCUT2D eigenvalue weighted by atomic mass is 16.5. The first kappa shape index (κ1) is 19.6. The summed E-state index contributed by atoms with van der Waals surface area (Å²) in [7, 11) is 0. The van der Waals surface area contributed by atoms with Crippen LogP contribution in [0.4, 0.5) is 0 Å². The van der Waals surface area contributed by atoms with Gasteiger partial charge in [-0.1, -0.05) is 0 Å². The van der Waals surface area contributed by atoms with Gasteiger partial charge >= 0.3 is 5.97 Å². The minimum absolute atomic E-state index is 0.134. The average molecular weight is 355 g/mol. The molecule has 1 heterocycles. The summed E-state index contributed by atoms with van der Waals surface area (Å²) in [5, 5.41) is 38.8. The van der Waals surface area contributed by atoms with Crippen molar-refractivity contribution in [1.82, 2.24) is 4.90 Å². The maximum absolute atomic E-state index is 11.6. The maximum Gasteiger partial charge on any atom is 0.338 e. The largest absolute Gasteiger partial charge is 0.492 e. The zero-order chi connectivity index (χ0) is 18.4. The zero-order valence-corrected chi connectivity index (χ0v) is 14.1. The zero-order valence-electron chi connectivity index (χ0n) is 14.1. The van der Waals surface area contributed by atoms with Gasteiger partial charge in [-0.15, -0.1) is 0 Å². The van der Waals surface area contributed by atoms with E-state index in [1.807, 2.05) is 0 Å². The van der Waals surface area contributed by atoms with Gasteiger partial charge in [-0.2, -0.15) is 0 Å². The molecule has 1 aliphatic heterocycles. The molecule has 1 aromatic rings. The highest BCUT2D eigenvalue weighted by Gasteiger charge is 2.40. The second kappa shape index (κ2) is 9.12. The van der Waals surface area contributed by atoms with Gasteiger partial charge in [-0.25, -0.2) is 4.79 Å². The fourth-order valence-corrected chi connectivity index (χ4v) is 2.82. The summed E-state index contributed by atoms with van der Waals surface area (Å²) in [6, 6.07) is 5.86. The van der Waals surface area contributed by atoms with E-state index in [9.17, 15) is 25.2 Å². The van der Waals surface area contributed by atoms with E-state index >= 15 is 0 Å². The topological polar surface area (TPSA) is 120 Å². The highest BCUT2D eigenvalue weighted by Crippen LogP contribution is 2.19. The highest BCUT2D eigenvalue weighted by molar-refractivity contribution is 5.89. The van der Waals surface area contributed by atoms with Crippen LogP contribution in [0.1, 0.15) is 17.3 Å². The first-order chi connectivity index (χ1) is 12.0. The minimum Gasteiger partial charge on any atom is -0.492 e. The summed E-state index contributed by atoms with van der Waals surface area (Å²) in [6.45, 7) is 2.46. The third kappa shape index (κ3) is 4.90. The molecule has 4 N–H and O–H groups in total. The lowest BCUT2D eigenvalue weighted by atomic mass is 9.94. The second-order valence-electron chi connectivity index (χ2n) is 5.89. The fraction of sp³-hybridized carbons (Fsp3) is 0.588. The van der Waals surface area contributed by atoms with Crippen molar-refractivity contribution in [1.29, 1.82) is 0 Å². The van der Waals surface area contributed by atoms with Crippen molar-refractivity contribution in [2.75, 3.05) is 32.9 Å². The van der Waals surface area contributed by atoms with Crippen molar-refractivity contribution in [3.63, 3.8) is 0 Å². The third-order valence-electron chi connectivity index (χ3n) is 4.23. The predicted octanol–water partition coefficient (Wildman–Crippen LogP) is -0.999. The van der Waals surface area contributed by atoms with Crippen LogP contribution in [0.5, 0.6) is 5.75 Å². The molecule has 140 valence electrons. The average Bonchev–Trinajstić information content (AvgIpc) is 2.61. The molecule has 0 radical (unpaired) electrons. The Bertz CT molecular complexity index is 550. The monoisotopic (exact) mass is 355 g/mol. The first-order valence-electron chi connectivity index (χ1n) is 8.27. The number of carbonyl (C=O) groups excluding carboxylic acids is 1. The summed E-state index contributed by atoms with van der Waals surface area (Å²) in [5.41, 5.74) is 0.436. The van der Waals surface area contributed by atoms with Crippen LogP contribution in [-0.4, -0.2) is 88.6 Å². The van der Waals surface area contributed by atoms with Gasteiger partial charge in [0.1, 0.15) is 24.6 Å². The normalized spacial score (nSPS) is 27.1. The fourth-order valence-electron chi connectivity index (χ4n) is 2.82. The second-order valence-corrected chi connectivity index (χ2v) is 5.89. The molecular formula is C17H25NO7. The number of esters is 1. The molecule has 2 unspecified atom stereocenters. The van der Waals surface area contributed by atoms with Crippen molar-refractivity contribution in [2.24, 2.45) is 0 Å². The predicted molar refractivity (Wildman–Crippen MR) is 88.4 cm³/mol. The molecule has 0 aliphatic carbocycles. The van der Waals surface area contributed by atoms with Crippen LogP contribution in [0.2, 0.25) is 0 Å². The van der Waals surface area contributed by atoms with E-state index < -0.39 is 30.3 Å². The van der Waals surface area contributed by atoms with Gasteiger partial charge < -0.3 is 29.9 Å². The number of aliphatic hydroxyl groups excluding tert-OH is 4. The molecule has 4 atom stereocenters. The van der Waals surface area contributed by atoms with Crippen LogP contribution in [0.3, 0.4) is 0 Å². The SMILES string of the molecule is CCOC(=O)c1ccc(OCCN2C[C@H](O)C(O)C(O)[C@H]2CO)cc1. The molecule has 0 aromatic heterocycles. The Morgan fingerprint density at radius 3 is 2.48 bits per heavy atom. The lowest BCUT2D eigenvalue weighted by Crippen LogP contribution is -2.63. The Labute approximate surface area is 146 Å². The van der Waals surface area contributed by atoms with Crippen LogP contribution >= 0.6 is 0 Å². The van der Waals surface area contributed by atoms with Gasteiger partial charge in [0, 0.05) is 13.1 Å². The number of β-amino-alcohol motifs (C(OH)–C–C–N with tert-alkyl or cyclic N) is 1. The third-order valence-corrected chi connectivity index (χ3v) is 4.23. The number of piperidine rings is 1. The van der Waals surface area contributed by atoms with Gasteiger partial charge in [0.2, 0.25) is 0 Å². The van der Waals surface area contributed by atoms with Crippen LogP contribution < -0.4 is 4.74 Å². The number of likely N-dealkylation sites (tertiary alicyclic amines) is 1. The molecule has 0 amide bonds. The summed E-state index contributed by atoms with van der Waals surface area (Å²) in [4.78, 5) is 13.2. The molecule has 1 fully saturated rings. The lowest BCUT2D eigenvalue weighted by Gasteiger charge is -2.42. The summed E-state index contributed by atoms with van der Waals surface area (Å²) in [6.07, 6.45) is -3.58. The molecule has 1 aromatic carbocycles. The number of hydrogen-bond donors (Lipinski definition) is 4. The standard InChI is InChI=1S/C17H25NO7/c1-2-24-17(23)11-3-5-12(6-4-11)25-8-7-18-9-14(20)16(22)15(21)13(18)10-19/h3-6,13-16,19-22H,2,7-10H2,1H3/t13-,14+,15?,16?/m1/s1. The summed E-state index contributed by atoms with van der Waals surface area (Å²) < 4.78 is 10.5. The molecule has 1 saturated heterocycles. The number of hydrogen-bond acceptors (Lipinski definition) is 8. The molecule has 0 saturated carbocycles. The first-order valence-corrected chi connectivity index (χ1v) is 8.27. The molecule has 25 heavy (non-hydrogen) atoms. The number of nitrogens with zero attached hydrogens (tertiary/aromatic N) is 1. The van der Waals surface area contributed by atoms with E-state index in [2.05, 4.69) is 0 Å². The molecule has 0 spiro atoms. The number of ether oxygens (including phenoxy) is 2. The smallest absolute Gasteiger partial charge is 0.338 e.